The van der Waals surface area contributed by atoms with E-state index in [1.54, 1.807) is 17.9 Å². The molecule has 0 spiro atoms. The molecule has 12 heteroatoms. The minimum atomic E-state index is -4.46. The van der Waals surface area contributed by atoms with Crippen molar-refractivity contribution in [3.63, 3.8) is 0 Å². The summed E-state index contributed by atoms with van der Waals surface area (Å²) < 4.78 is 79.4. The van der Waals surface area contributed by atoms with Crippen molar-refractivity contribution in [2.24, 2.45) is 5.92 Å². The smallest absolute Gasteiger partial charge is 0.422 e. The Labute approximate surface area is 178 Å². The Balaban J connectivity index is 1.53. The zero-order chi connectivity index (χ0) is 22.8. The number of rotatable bonds is 6. The van der Waals surface area contributed by atoms with Crippen LogP contribution in [-0.2, 0) is 11.0 Å². The van der Waals surface area contributed by atoms with E-state index in [4.69, 9.17) is 4.74 Å². The molecule has 0 aromatic carbocycles. The number of carbonyl (C=O) groups is 1. The first kappa shape index (κ1) is 23.2. The number of hydrogen-bond acceptors (Lipinski definition) is 5. The second-order valence-corrected chi connectivity index (χ2v) is 8.20. The molecule has 170 valence electrons. The predicted octanol–water partition coefficient (Wildman–Crippen LogP) is 4.81. The first-order valence-corrected chi connectivity index (χ1v) is 10.1. The van der Waals surface area contributed by atoms with E-state index in [-0.39, 0.29) is 16.9 Å². The third-order valence-corrected chi connectivity index (χ3v) is 5.90. The van der Waals surface area contributed by atoms with Crippen LogP contribution in [0.25, 0.3) is 0 Å². The van der Waals surface area contributed by atoms with Gasteiger partial charge in [-0.3, -0.25) is 4.79 Å². The molecule has 3 rings (SSSR count). The van der Waals surface area contributed by atoms with Gasteiger partial charge in [0.15, 0.2) is 11.7 Å². The summed E-state index contributed by atoms with van der Waals surface area (Å²) in [6, 6.07) is 4.81. The number of hydrogen-bond donors (Lipinski definition) is 1. The molecule has 31 heavy (non-hydrogen) atoms. The Morgan fingerprint density at radius 1 is 1.26 bits per heavy atom. The van der Waals surface area contributed by atoms with Gasteiger partial charge in [0.2, 0.25) is 5.91 Å². The number of nitrogens with one attached hydrogen (secondary N) is 1. The molecule has 0 aliphatic carbocycles. The van der Waals surface area contributed by atoms with Gasteiger partial charge in [0.25, 0.3) is 0 Å². The third-order valence-electron chi connectivity index (χ3n) is 4.72. The Morgan fingerprint density at radius 2 is 2.00 bits per heavy atom. The fourth-order valence-electron chi connectivity index (χ4n) is 3.12. The lowest BCUT2D eigenvalue weighted by Gasteiger charge is -2.19. The van der Waals surface area contributed by atoms with Crippen LogP contribution in [0.5, 0.6) is 5.06 Å². The molecule has 0 bridgehead atoms. The molecule has 1 aliphatic heterocycles. The SMILES string of the molecule is C[C@@H](NC(=O)C1CCN(c2ccc(C(F)(F)F)cn2)C1)c1ccc(OCC(F)(F)F)s1. The monoisotopic (exact) mass is 467 g/mol. The first-order valence-electron chi connectivity index (χ1n) is 9.30. The summed E-state index contributed by atoms with van der Waals surface area (Å²) in [5.74, 6) is -0.262. The topological polar surface area (TPSA) is 54.5 Å². The molecule has 0 radical (unpaired) electrons. The maximum Gasteiger partial charge on any atom is 0.422 e. The second kappa shape index (κ2) is 8.93. The second-order valence-electron chi connectivity index (χ2n) is 7.13. The third kappa shape index (κ3) is 6.25. The van der Waals surface area contributed by atoms with Crippen molar-refractivity contribution in [2.45, 2.75) is 31.7 Å². The number of alkyl halides is 6. The molecule has 1 unspecified atom stereocenters. The normalized spacial score (nSPS) is 18.2. The van der Waals surface area contributed by atoms with Crippen LogP contribution in [0, 0.1) is 5.92 Å². The highest BCUT2D eigenvalue weighted by Crippen LogP contribution is 2.32. The number of amides is 1. The largest absolute Gasteiger partial charge is 0.475 e. The average molecular weight is 467 g/mol. The van der Waals surface area contributed by atoms with E-state index in [2.05, 4.69) is 10.3 Å². The van der Waals surface area contributed by atoms with Crippen molar-refractivity contribution < 1.29 is 35.9 Å². The summed E-state index contributed by atoms with van der Waals surface area (Å²) in [6.07, 6.45) is -7.62. The minimum Gasteiger partial charge on any atom is -0.475 e. The van der Waals surface area contributed by atoms with Crippen molar-refractivity contribution in [3.05, 3.63) is 40.9 Å². The molecular weight excluding hydrogens is 448 g/mol. The van der Waals surface area contributed by atoms with E-state index in [0.29, 0.717) is 30.2 Å². The summed E-state index contributed by atoms with van der Waals surface area (Å²) in [5.41, 5.74) is -0.840. The molecule has 0 saturated carbocycles. The lowest BCUT2D eigenvalue weighted by atomic mass is 10.1. The van der Waals surface area contributed by atoms with Crippen LogP contribution in [0.4, 0.5) is 32.2 Å². The van der Waals surface area contributed by atoms with Crippen molar-refractivity contribution in [1.82, 2.24) is 10.3 Å². The number of carbonyl (C=O) groups excluding carboxylic acids is 1. The van der Waals surface area contributed by atoms with E-state index in [1.165, 1.54) is 12.1 Å². The number of nitrogens with zero attached hydrogens (tertiary/aromatic N) is 2. The van der Waals surface area contributed by atoms with Gasteiger partial charge in [-0.25, -0.2) is 4.98 Å². The van der Waals surface area contributed by atoms with Gasteiger partial charge in [0, 0.05) is 24.2 Å². The van der Waals surface area contributed by atoms with Crippen LogP contribution in [0.15, 0.2) is 30.5 Å². The molecule has 2 aromatic rings. The highest BCUT2D eigenvalue weighted by Gasteiger charge is 2.33. The van der Waals surface area contributed by atoms with Crippen LogP contribution in [0.2, 0.25) is 0 Å². The van der Waals surface area contributed by atoms with Crippen LogP contribution < -0.4 is 15.0 Å². The van der Waals surface area contributed by atoms with Gasteiger partial charge in [-0.05, 0) is 37.6 Å². The molecule has 2 aromatic heterocycles. The summed E-state index contributed by atoms with van der Waals surface area (Å²) in [5, 5.41) is 2.93. The zero-order valence-corrected chi connectivity index (χ0v) is 17.1. The van der Waals surface area contributed by atoms with Gasteiger partial charge in [-0.1, -0.05) is 0 Å². The number of halogens is 6. The van der Waals surface area contributed by atoms with E-state index in [0.717, 1.165) is 23.6 Å². The Morgan fingerprint density at radius 3 is 2.61 bits per heavy atom. The molecule has 1 saturated heterocycles. The maximum atomic E-state index is 12.7. The van der Waals surface area contributed by atoms with E-state index >= 15 is 0 Å². The van der Waals surface area contributed by atoms with Crippen LogP contribution in [-0.4, -0.2) is 36.8 Å². The van der Waals surface area contributed by atoms with Gasteiger partial charge in [0.05, 0.1) is 17.5 Å². The van der Waals surface area contributed by atoms with Crippen LogP contribution >= 0.6 is 11.3 Å². The average Bonchev–Trinajstić information content (AvgIpc) is 3.35. The Hall–Kier alpha value is -2.50. The molecular formula is C19H19F6N3O2S. The fourth-order valence-corrected chi connectivity index (χ4v) is 3.98. The van der Waals surface area contributed by atoms with E-state index in [9.17, 15) is 31.1 Å². The lowest BCUT2D eigenvalue weighted by molar-refractivity contribution is -0.153. The van der Waals surface area contributed by atoms with Crippen molar-refractivity contribution in [1.29, 1.82) is 0 Å². The number of aromatic nitrogens is 1. The Kier molecular flexibility index (Phi) is 6.68. The maximum absolute atomic E-state index is 12.7. The number of pyridine rings is 1. The van der Waals surface area contributed by atoms with Gasteiger partial charge >= 0.3 is 12.4 Å². The number of thiophene rings is 1. The summed E-state index contributed by atoms with van der Waals surface area (Å²) in [4.78, 5) is 18.8. The molecule has 1 aliphatic rings. The lowest BCUT2D eigenvalue weighted by Crippen LogP contribution is -2.34. The molecule has 3 heterocycles. The summed E-state index contributed by atoms with van der Waals surface area (Å²) in [6.45, 7) is 1.10. The highest BCUT2D eigenvalue weighted by atomic mass is 32.1. The van der Waals surface area contributed by atoms with Gasteiger partial charge in [-0.15, -0.1) is 11.3 Å². The molecule has 1 fully saturated rings. The van der Waals surface area contributed by atoms with Gasteiger partial charge in [-0.2, -0.15) is 26.3 Å². The summed E-state index contributed by atoms with van der Waals surface area (Å²) in [7, 11) is 0. The first-order chi connectivity index (χ1) is 14.4. The molecule has 5 nitrogen and oxygen atoms in total. The molecule has 1 amide bonds. The quantitative estimate of drug-likeness (QED) is 0.620. The number of anilines is 1. The van der Waals surface area contributed by atoms with Gasteiger partial charge in [0.1, 0.15) is 5.82 Å². The minimum absolute atomic E-state index is 0.105. The van der Waals surface area contributed by atoms with Crippen molar-refractivity contribution >= 4 is 23.1 Å². The molecule has 1 N–H and O–H groups in total. The van der Waals surface area contributed by atoms with Gasteiger partial charge < -0.3 is 15.0 Å². The zero-order valence-electron chi connectivity index (χ0n) is 16.3. The van der Waals surface area contributed by atoms with E-state index < -0.39 is 30.6 Å². The number of ether oxygens (including phenoxy) is 1. The standard InChI is InChI=1S/C19H19F6N3O2S/c1-11(14-3-5-16(31-14)30-10-18(20,21)22)27-17(29)12-6-7-28(9-12)15-4-2-13(8-26-15)19(23,24)25/h2-5,8,11-12H,6-7,9-10H2,1H3,(H,27,29)/t11-,12?/m1/s1. The van der Waals surface area contributed by atoms with Crippen LogP contribution in [0.1, 0.15) is 29.8 Å². The van der Waals surface area contributed by atoms with Crippen molar-refractivity contribution in [3.8, 4) is 5.06 Å². The predicted molar refractivity (Wildman–Crippen MR) is 102 cm³/mol. The summed E-state index contributed by atoms with van der Waals surface area (Å²) >= 11 is 1.02. The van der Waals surface area contributed by atoms with E-state index in [1.807, 2.05) is 0 Å². The fraction of sp³-hybridized carbons (Fsp3) is 0.474. The van der Waals surface area contributed by atoms with Crippen LogP contribution in [0.3, 0.4) is 0 Å². The van der Waals surface area contributed by atoms with Crippen molar-refractivity contribution in [2.75, 3.05) is 24.6 Å². The highest BCUT2D eigenvalue weighted by molar-refractivity contribution is 7.13. The Bertz CT molecular complexity index is 897. The molecule has 2 atom stereocenters.